The van der Waals surface area contributed by atoms with Gasteiger partial charge in [-0.2, -0.15) is 5.10 Å². The Morgan fingerprint density at radius 3 is 2.60 bits per heavy atom. The molecule has 0 atom stereocenters. The highest BCUT2D eigenvalue weighted by atomic mass is 16.6. The molecule has 1 aliphatic carbocycles. The van der Waals surface area contributed by atoms with Gasteiger partial charge >= 0.3 is 6.09 Å². The maximum Gasteiger partial charge on any atom is 0.410 e. The van der Waals surface area contributed by atoms with Crippen molar-refractivity contribution in [1.82, 2.24) is 29.7 Å². The van der Waals surface area contributed by atoms with Crippen LogP contribution in [0.25, 0.3) is 17.1 Å². The summed E-state index contributed by atoms with van der Waals surface area (Å²) in [6.45, 7) is 6.72. The molecule has 1 saturated carbocycles. The minimum Gasteiger partial charge on any atom is -0.444 e. The van der Waals surface area contributed by atoms with E-state index in [2.05, 4.69) is 20.3 Å². The lowest BCUT2D eigenvalue weighted by Gasteiger charge is -2.33. The molecule has 4 heterocycles. The van der Waals surface area contributed by atoms with Gasteiger partial charge in [0.2, 0.25) is 5.89 Å². The Balaban J connectivity index is 1.34. The predicted molar refractivity (Wildman–Crippen MR) is 129 cm³/mol. The number of piperidine rings is 1. The number of aromatic amines is 1. The normalized spacial score (nSPS) is 18.3. The third-order valence-electron chi connectivity index (χ3n) is 6.98. The monoisotopic (exact) mass is 482 g/mol. The first kappa shape index (κ1) is 23.6. The minimum atomic E-state index is -0.525. The summed E-state index contributed by atoms with van der Waals surface area (Å²) in [4.78, 5) is 29.6. The first-order valence-corrected chi connectivity index (χ1v) is 12.7. The van der Waals surface area contributed by atoms with Crippen molar-refractivity contribution in [1.29, 1.82) is 0 Å². The number of fused-ring (bicyclic) bond motifs is 1. The van der Waals surface area contributed by atoms with Crippen molar-refractivity contribution in [2.45, 2.75) is 83.7 Å². The second kappa shape index (κ2) is 9.47. The molecule has 3 aromatic heterocycles. The van der Waals surface area contributed by atoms with E-state index in [1.165, 1.54) is 32.1 Å². The number of nitrogens with zero attached hydrogens (tertiary/aromatic N) is 5. The van der Waals surface area contributed by atoms with Gasteiger partial charge in [-0.15, -0.1) is 10.2 Å². The van der Waals surface area contributed by atoms with Crippen molar-refractivity contribution in [3.8, 4) is 11.5 Å². The van der Waals surface area contributed by atoms with Crippen LogP contribution in [0.15, 0.2) is 21.5 Å². The van der Waals surface area contributed by atoms with Crippen molar-refractivity contribution in [2.75, 3.05) is 13.1 Å². The maximum absolute atomic E-state index is 12.6. The third kappa shape index (κ3) is 5.26. The average Bonchev–Trinajstić information content (AvgIpc) is 3.45. The predicted octanol–water partition coefficient (Wildman–Crippen LogP) is 4.31. The summed E-state index contributed by atoms with van der Waals surface area (Å²) >= 11 is 0. The van der Waals surface area contributed by atoms with Crippen LogP contribution in [0.4, 0.5) is 4.79 Å². The number of likely N-dealkylation sites (tertiary alicyclic amines) is 1. The summed E-state index contributed by atoms with van der Waals surface area (Å²) in [5, 5.41) is 13.1. The van der Waals surface area contributed by atoms with Crippen LogP contribution in [0.1, 0.15) is 83.2 Å². The highest BCUT2D eigenvalue weighted by Crippen LogP contribution is 2.31. The molecule has 10 nitrogen and oxygen atoms in total. The van der Waals surface area contributed by atoms with Gasteiger partial charge in [-0.25, -0.2) is 9.31 Å². The van der Waals surface area contributed by atoms with Gasteiger partial charge in [0.1, 0.15) is 16.8 Å². The summed E-state index contributed by atoms with van der Waals surface area (Å²) in [5.74, 6) is 1.70. The molecule has 1 aliphatic heterocycles. The van der Waals surface area contributed by atoms with Crippen LogP contribution in [0, 0.1) is 5.92 Å². The SMILES string of the molecule is CC(C)(C)OC(=O)N1CCC(c2cc(=O)[nH]c3c(-c4nnc(CC5CCCCC5)o4)cnn23)CC1. The minimum absolute atomic E-state index is 0.0933. The zero-order chi connectivity index (χ0) is 24.6. The van der Waals surface area contributed by atoms with E-state index in [0.29, 0.717) is 42.0 Å². The van der Waals surface area contributed by atoms with Crippen LogP contribution < -0.4 is 5.56 Å². The summed E-state index contributed by atoms with van der Waals surface area (Å²) in [6, 6.07) is 1.60. The van der Waals surface area contributed by atoms with Crippen molar-refractivity contribution >= 4 is 11.7 Å². The molecular weight excluding hydrogens is 448 g/mol. The molecule has 35 heavy (non-hydrogen) atoms. The van der Waals surface area contributed by atoms with Crippen molar-refractivity contribution in [2.24, 2.45) is 5.92 Å². The van der Waals surface area contributed by atoms with Gasteiger partial charge in [0, 0.05) is 31.5 Å². The number of hydrogen-bond donors (Lipinski definition) is 1. The summed E-state index contributed by atoms with van der Waals surface area (Å²) < 4.78 is 13.2. The number of amides is 1. The summed E-state index contributed by atoms with van der Waals surface area (Å²) in [6.07, 6.45) is 9.86. The molecule has 0 bridgehead atoms. The number of rotatable bonds is 4. The standard InChI is InChI=1S/C25H34N6O4/c1-25(2,3)35-24(33)30-11-9-17(10-12-30)19-14-20(32)27-22-18(15-26-31(19)22)23-29-28-21(34-23)13-16-7-5-4-6-8-16/h14-17H,4-13H2,1-3H3,(H,27,32). The van der Waals surface area contributed by atoms with Gasteiger partial charge in [0.25, 0.3) is 11.4 Å². The van der Waals surface area contributed by atoms with Crippen LogP contribution in [-0.2, 0) is 11.2 Å². The van der Waals surface area contributed by atoms with Crippen molar-refractivity contribution in [3.05, 3.63) is 34.2 Å². The van der Waals surface area contributed by atoms with Crippen molar-refractivity contribution < 1.29 is 13.9 Å². The lowest BCUT2D eigenvalue weighted by atomic mass is 9.87. The van der Waals surface area contributed by atoms with Crippen LogP contribution in [-0.4, -0.2) is 54.5 Å². The average molecular weight is 483 g/mol. The fourth-order valence-electron chi connectivity index (χ4n) is 5.23. The van der Waals surface area contributed by atoms with Crippen LogP contribution in [0.3, 0.4) is 0 Å². The Morgan fingerprint density at radius 2 is 1.89 bits per heavy atom. The fraction of sp³-hybridized carbons (Fsp3) is 0.640. The van der Waals surface area contributed by atoms with Crippen LogP contribution in [0.5, 0.6) is 0 Å². The molecule has 2 aliphatic rings. The van der Waals surface area contributed by atoms with Gasteiger partial charge in [0.05, 0.1) is 11.9 Å². The quantitative estimate of drug-likeness (QED) is 0.588. The van der Waals surface area contributed by atoms with E-state index in [-0.39, 0.29) is 17.6 Å². The maximum atomic E-state index is 12.6. The third-order valence-corrected chi connectivity index (χ3v) is 6.98. The zero-order valence-electron chi connectivity index (χ0n) is 20.7. The van der Waals surface area contributed by atoms with Gasteiger partial charge in [-0.3, -0.25) is 4.79 Å². The molecule has 2 fully saturated rings. The molecule has 0 unspecified atom stereocenters. The molecule has 3 aromatic rings. The lowest BCUT2D eigenvalue weighted by molar-refractivity contribution is 0.0203. The Hall–Kier alpha value is -3.17. The van der Waals surface area contributed by atoms with Gasteiger partial charge in [-0.1, -0.05) is 19.3 Å². The second-order valence-electron chi connectivity index (χ2n) is 10.8. The van der Waals surface area contributed by atoms with E-state index in [4.69, 9.17) is 9.15 Å². The number of aromatic nitrogens is 5. The van der Waals surface area contributed by atoms with E-state index in [1.807, 2.05) is 20.8 Å². The molecule has 10 heteroatoms. The van der Waals surface area contributed by atoms with Gasteiger partial charge in [-0.05, 0) is 52.4 Å². The number of carbonyl (C=O) groups excluding carboxylic acids is 1. The van der Waals surface area contributed by atoms with E-state index >= 15 is 0 Å². The molecular formula is C25H34N6O4. The number of H-pyrrole nitrogens is 1. The molecule has 0 aromatic carbocycles. The van der Waals surface area contributed by atoms with Gasteiger partial charge < -0.3 is 19.0 Å². The first-order chi connectivity index (χ1) is 16.8. The van der Waals surface area contributed by atoms with Crippen LogP contribution in [0.2, 0.25) is 0 Å². The Labute approximate surface area is 204 Å². The van der Waals surface area contributed by atoms with Gasteiger partial charge in [0.15, 0.2) is 0 Å². The molecule has 0 spiro atoms. The molecule has 1 N–H and O–H groups in total. The number of carbonyl (C=O) groups is 1. The Morgan fingerprint density at radius 1 is 1.14 bits per heavy atom. The highest BCUT2D eigenvalue weighted by molar-refractivity contribution is 5.71. The topological polar surface area (TPSA) is 119 Å². The highest BCUT2D eigenvalue weighted by Gasteiger charge is 2.29. The zero-order valence-corrected chi connectivity index (χ0v) is 20.7. The van der Waals surface area contributed by atoms with E-state index in [9.17, 15) is 9.59 Å². The largest absolute Gasteiger partial charge is 0.444 e. The van der Waals surface area contributed by atoms with E-state index < -0.39 is 5.60 Å². The van der Waals surface area contributed by atoms with E-state index in [0.717, 1.165) is 25.0 Å². The fourth-order valence-corrected chi connectivity index (χ4v) is 5.23. The number of hydrogen-bond acceptors (Lipinski definition) is 7. The Bertz CT molecular complexity index is 1240. The first-order valence-electron chi connectivity index (χ1n) is 12.7. The molecule has 188 valence electrons. The molecule has 1 amide bonds. The molecule has 5 rings (SSSR count). The Kier molecular flexibility index (Phi) is 6.37. The summed E-state index contributed by atoms with van der Waals surface area (Å²) in [5.41, 5.74) is 1.27. The van der Waals surface area contributed by atoms with E-state index in [1.54, 1.807) is 21.7 Å². The second-order valence-corrected chi connectivity index (χ2v) is 10.8. The van der Waals surface area contributed by atoms with Crippen LogP contribution >= 0.6 is 0 Å². The van der Waals surface area contributed by atoms with Crippen molar-refractivity contribution in [3.63, 3.8) is 0 Å². The smallest absolute Gasteiger partial charge is 0.410 e. The number of nitrogens with one attached hydrogen (secondary N) is 1. The molecule has 1 saturated heterocycles. The summed E-state index contributed by atoms with van der Waals surface area (Å²) in [7, 11) is 0. The molecule has 0 radical (unpaired) electrons. The number of ether oxygens (including phenoxy) is 1. The lowest BCUT2D eigenvalue weighted by Crippen LogP contribution is -2.41.